The molecular formula is C15H26N2O2S. The predicted octanol–water partition coefficient (Wildman–Crippen LogP) is 2.30. The van der Waals surface area contributed by atoms with Gasteiger partial charge in [-0.25, -0.2) is 8.42 Å². The fourth-order valence-corrected chi connectivity index (χ4v) is 4.06. The zero-order valence-corrected chi connectivity index (χ0v) is 13.7. The molecule has 0 atom stereocenters. The van der Waals surface area contributed by atoms with E-state index in [9.17, 15) is 8.42 Å². The smallest absolute Gasteiger partial charge is 0.243 e. The molecule has 1 aromatic rings. The molecule has 0 saturated carbocycles. The van der Waals surface area contributed by atoms with E-state index in [1.165, 1.54) is 0 Å². The van der Waals surface area contributed by atoms with Crippen LogP contribution >= 0.6 is 0 Å². The minimum Gasteiger partial charge on any atom is -0.330 e. The molecule has 0 aliphatic carbocycles. The van der Waals surface area contributed by atoms with Gasteiger partial charge in [-0.05, 0) is 49.9 Å². The summed E-state index contributed by atoms with van der Waals surface area (Å²) in [6.07, 6.45) is 0.677. The van der Waals surface area contributed by atoms with Crippen LogP contribution in [0, 0.1) is 19.8 Å². The first-order valence-corrected chi connectivity index (χ1v) is 8.50. The average Bonchev–Trinajstić information content (AvgIpc) is 2.36. The molecule has 0 aromatic heterocycles. The Hall–Kier alpha value is -0.910. The second kappa shape index (κ2) is 7.20. The Labute approximate surface area is 123 Å². The van der Waals surface area contributed by atoms with E-state index in [2.05, 4.69) is 0 Å². The Morgan fingerprint density at radius 3 is 2.45 bits per heavy atom. The summed E-state index contributed by atoms with van der Waals surface area (Å²) in [5.74, 6) is 0.285. The van der Waals surface area contributed by atoms with E-state index in [0.717, 1.165) is 11.1 Å². The van der Waals surface area contributed by atoms with Crippen LogP contribution in [-0.4, -0.2) is 32.4 Å². The van der Waals surface area contributed by atoms with Gasteiger partial charge >= 0.3 is 0 Å². The van der Waals surface area contributed by atoms with Gasteiger partial charge in [-0.3, -0.25) is 0 Å². The van der Waals surface area contributed by atoms with E-state index in [4.69, 9.17) is 5.73 Å². The highest BCUT2D eigenvalue weighted by Crippen LogP contribution is 2.22. The molecule has 20 heavy (non-hydrogen) atoms. The van der Waals surface area contributed by atoms with Crippen molar-refractivity contribution in [2.24, 2.45) is 11.7 Å². The lowest BCUT2D eigenvalue weighted by atomic mass is 10.2. The molecule has 0 fully saturated rings. The van der Waals surface area contributed by atoms with Crippen LogP contribution in [0.25, 0.3) is 0 Å². The SMILES string of the molecule is Cc1ccc(C)c(S(=O)(=O)N(CCCN)CC(C)C)c1. The molecule has 0 aliphatic heterocycles. The molecule has 0 radical (unpaired) electrons. The van der Waals surface area contributed by atoms with Crippen molar-refractivity contribution in [1.82, 2.24) is 4.31 Å². The van der Waals surface area contributed by atoms with Gasteiger partial charge in [0.25, 0.3) is 0 Å². The molecular weight excluding hydrogens is 272 g/mol. The average molecular weight is 298 g/mol. The summed E-state index contributed by atoms with van der Waals surface area (Å²) in [5.41, 5.74) is 7.27. The van der Waals surface area contributed by atoms with E-state index in [-0.39, 0.29) is 5.92 Å². The van der Waals surface area contributed by atoms with Gasteiger partial charge in [0, 0.05) is 13.1 Å². The van der Waals surface area contributed by atoms with Crippen molar-refractivity contribution in [2.45, 2.75) is 39.0 Å². The summed E-state index contributed by atoms with van der Waals surface area (Å²) in [5, 5.41) is 0. The Kier molecular flexibility index (Phi) is 6.17. The minimum atomic E-state index is -3.44. The van der Waals surface area contributed by atoms with Crippen LogP contribution < -0.4 is 5.73 Å². The van der Waals surface area contributed by atoms with Gasteiger partial charge in [0.05, 0.1) is 4.90 Å². The summed E-state index contributed by atoms with van der Waals surface area (Å²) in [4.78, 5) is 0.412. The molecule has 114 valence electrons. The van der Waals surface area contributed by atoms with Crippen LogP contribution in [0.5, 0.6) is 0 Å². The van der Waals surface area contributed by atoms with Crippen molar-refractivity contribution in [1.29, 1.82) is 0 Å². The van der Waals surface area contributed by atoms with Gasteiger partial charge in [0.1, 0.15) is 0 Å². The number of rotatable bonds is 7. The normalized spacial score (nSPS) is 12.3. The largest absolute Gasteiger partial charge is 0.330 e. The van der Waals surface area contributed by atoms with Gasteiger partial charge < -0.3 is 5.73 Å². The van der Waals surface area contributed by atoms with E-state index < -0.39 is 10.0 Å². The summed E-state index contributed by atoms with van der Waals surface area (Å²) in [7, 11) is -3.44. The van der Waals surface area contributed by atoms with Crippen molar-refractivity contribution < 1.29 is 8.42 Å². The minimum absolute atomic E-state index is 0.285. The first kappa shape index (κ1) is 17.1. The number of nitrogens with two attached hydrogens (primary N) is 1. The van der Waals surface area contributed by atoms with Crippen LogP contribution in [0.2, 0.25) is 0 Å². The predicted molar refractivity (Wildman–Crippen MR) is 83.2 cm³/mol. The Morgan fingerprint density at radius 1 is 1.25 bits per heavy atom. The van der Waals surface area contributed by atoms with Crippen molar-refractivity contribution in [3.05, 3.63) is 29.3 Å². The lowest BCUT2D eigenvalue weighted by Crippen LogP contribution is -2.36. The number of hydrogen-bond donors (Lipinski definition) is 1. The highest BCUT2D eigenvalue weighted by Gasteiger charge is 2.26. The molecule has 0 amide bonds. The zero-order valence-electron chi connectivity index (χ0n) is 12.9. The molecule has 0 spiro atoms. The molecule has 0 bridgehead atoms. The quantitative estimate of drug-likeness (QED) is 0.840. The zero-order chi connectivity index (χ0) is 15.3. The van der Waals surface area contributed by atoms with E-state index in [1.807, 2.05) is 39.8 Å². The maximum atomic E-state index is 12.8. The van der Waals surface area contributed by atoms with Gasteiger partial charge in [-0.2, -0.15) is 4.31 Å². The molecule has 1 rings (SSSR count). The first-order valence-electron chi connectivity index (χ1n) is 7.06. The first-order chi connectivity index (χ1) is 9.28. The molecule has 2 N–H and O–H groups in total. The molecule has 4 nitrogen and oxygen atoms in total. The van der Waals surface area contributed by atoms with Gasteiger partial charge in [-0.15, -0.1) is 0 Å². The molecule has 0 saturated heterocycles. The summed E-state index contributed by atoms with van der Waals surface area (Å²) < 4.78 is 27.2. The Bertz CT molecular complexity index is 539. The fraction of sp³-hybridized carbons (Fsp3) is 0.600. The number of nitrogens with zero attached hydrogens (tertiary/aromatic N) is 1. The van der Waals surface area contributed by atoms with Crippen LogP contribution in [0.15, 0.2) is 23.1 Å². The molecule has 5 heteroatoms. The fourth-order valence-electron chi connectivity index (χ4n) is 2.11. The topological polar surface area (TPSA) is 63.4 Å². The van der Waals surface area contributed by atoms with Crippen LogP contribution in [0.1, 0.15) is 31.4 Å². The lowest BCUT2D eigenvalue weighted by molar-refractivity contribution is 0.364. The van der Waals surface area contributed by atoms with Gasteiger partial charge in [0.2, 0.25) is 10.0 Å². The van der Waals surface area contributed by atoms with Crippen molar-refractivity contribution in [2.75, 3.05) is 19.6 Å². The second-order valence-electron chi connectivity index (χ2n) is 5.67. The lowest BCUT2D eigenvalue weighted by Gasteiger charge is -2.24. The Balaban J connectivity index is 3.17. The van der Waals surface area contributed by atoms with Gasteiger partial charge in [-0.1, -0.05) is 26.0 Å². The summed E-state index contributed by atoms with van der Waals surface area (Å²) in [6, 6.07) is 5.54. The molecule has 0 aliphatic rings. The summed E-state index contributed by atoms with van der Waals surface area (Å²) >= 11 is 0. The molecule has 1 aromatic carbocycles. The van der Waals surface area contributed by atoms with E-state index in [1.54, 1.807) is 10.4 Å². The van der Waals surface area contributed by atoms with E-state index in [0.29, 0.717) is 31.0 Å². The number of hydrogen-bond acceptors (Lipinski definition) is 3. The highest BCUT2D eigenvalue weighted by atomic mass is 32.2. The number of benzene rings is 1. The maximum absolute atomic E-state index is 12.8. The second-order valence-corrected chi connectivity index (χ2v) is 7.57. The Morgan fingerprint density at radius 2 is 1.90 bits per heavy atom. The standard InChI is InChI=1S/C15H26N2O2S/c1-12(2)11-17(9-5-8-16)20(18,19)15-10-13(3)6-7-14(15)4/h6-7,10,12H,5,8-9,11,16H2,1-4H3. The molecule has 0 heterocycles. The van der Waals surface area contributed by atoms with Crippen LogP contribution in [0.4, 0.5) is 0 Å². The number of sulfonamides is 1. The van der Waals surface area contributed by atoms with Crippen molar-refractivity contribution >= 4 is 10.0 Å². The number of aryl methyl sites for hydroxylation is 2. The van der Waals surface area contributed by atoms with Crippen LogP contribution in [0.3, 0.4) is 0 Å². The van der Waals surface area contributed by atoms with Crippen molar-refractivity contribution in [3.8, 4) is 0 Å². The monoisotopic (exact) mass is 298 g/mol. The van der Waals surface area contributed by atoms with Crippen molar-refractivity contribution in [3.63, 3.8) is 0 Å². The third-order valence-electron chi connectivity index (χ3n) is 3.14. The van der Waals surface area contributed by atoms with Gasteiger partial charge in [0.15, 0.2) is 0 Å². The maximum Gasteiger partial charge on any atom is 0.243 e. The van der Waals surface area contributed by atoms with E-state index >= 15 is 0 Å². The highest BCUT2D eigenvalue weighted by molar-refractivity contribution is 7.89. The third kappa shape index (κ3) is 4.30. The summed E-state index contributed by atoms with van der Waals surface area (Å²) in [6.45, 7) is 9.28. The third-order valence-corrected chi connectivity index (χ3v) is 5.15. The molecule has 0 unspecified atom stereocenters. The van der Waals surface area contributed by atoms with Crippen LogP contribution in [-0.2, 0) is 10.0 Å².